The summed E-state index contributed by atoms with van der Waals surface area (Å²) in [5.41, 5.74) is 2.23. The van der Waals surface area contributed by atoms with E-state index in [0.717, 1.165) is 24.3 Å². The zero-order chi connectivity index (χ0) is 16.0. The van der Waals surface area contributed by atoms with E-state index in [0.29, 0.717) is 17.6 Å². The van der Waals surface area contributed by atoms with Crippen molar-refractivity contribution in [2.24, 2.45) is 7.05 Å². The minimum absolute atomic E-state index is 0.0750. The molecule has 1 unspecified atom stereocenters. The third-order valence-electron chi connectivity index (χ3n) is 5.27. The Labute approximate surface area is 136 Å². The van der Waals surface area contributed by atoms with Crippen LogP contribution in [0.5, 0.6) is 0 Å². The van der Waals surface area contributed by atoms with Gasteiger partial charge < -0.3 is 9.47 Å². The number of fused-ring (bicyclic) bond motifs is 1. The van der Waals surface area contributed by atoms with Crippen LogP contribution in [0.1, 0.15) is 36.5 Å². The van der Waals surface area contributed by atoms with E-state index in [9.17, 15) is 4.79 Å². The Morgan fingerprint density at radius 2 is 2.09 bits per heavy atom. The smallest absolute Gasteiger partial charge is 0.255 e. The number of likely N-dealkylation sites (tertiary alicyclic amines) is 2. The molecule has 2 aliphatic heterocycles. The number of aromatic nitrogens is 3. The summed E-state index contributed by atoms with van der Waals surface area (Å²) >= 11 is 0. The van der Waals surface area contributed by atoms with E-state index in [1.165, 1.54) is 25.8 Å². The summed E-state index contributed by atoms with van der Waals surface area (Å²) in [7, 11) is 1.91. The van der Waals surface area contributed by atoms with Gasteiger partial charge in [0.25, 0.3) is 5.91 Å². The fourth-order valence-corrected chi connectivity index (χ4v) is 3.81. The summed E-state index contributed by atoms with van der Waals surface area (Å²) in [6.45, 7) is 5.16. The fraction of sp³-hybridized carbons (Fsp3) is 0.588. The first kappa shape index (κ1) is 14.6. The normalized spacial score (nSPS) is 23.2. The maximum atomic E-state index is 12.6. The maximum Gasteiger partial charge on any atom is 0.255 e. The zero-order valence-electron chi connectivity index (χ0n) is 13.8. The molecule has 0 radical (unpaired) electrons. The Morgan fingerprint density at radius 1 is 1.26 bits per heavy atom. The summed E-state index contributed by atoms with van der Waals surface area (Å²) in [5.74, 6) is 0.0750. The van der Waals surface area contributed by atoms with Crippen molar-refractivity contribution in [2.75, 3.05) is 19.6 Å². The number of hydrogen-bond donors (Lipinski definition) is 0. The first-order chi connectivity index (χ1) is 11.1. The van der Waals surface area contributed by atoms with Crippen molar-refractivity contribution < 1.29 is 4.79 Å². The quantitative estimate of drug-likeness (QED) is 0.846. The van der Waals surface area contributed by atoms with E-state index in [4.69, 9.17) is 0 Å². The molecule has 0 N–H and O–H groups in total. The van der Waals surface area contributed by atoms with Gasteiger partial charge >= 0.3 is 0 Å². The number of amides is 1. The average Bonchev–Trinajstić information content (AvgIpc) is 2.88. The van der Waals surface area contributed by atoms with Crippen LogP contribution in [0.15, 0.2) is 18.6 Å². The molecule has 0 spiro atoms. The largest absolute Gasteiger partial charge is 0.335 e. The summed E-state index contributed by atoms with van der Waals surface area (Å²) < 4.78 is 1.86. The molecule has 6 nitrogen and oxygen atoms in total. The molecule has 1 amide bonds. The Hall–Kier alpha value is -1.95. The van der Waals surface area contributed by atoms with E-state index in [-0.39, 0.29) is 5.91 Å². The van der Waals surface area contributed by atoms with Gasteiger partial charge in [-0.05, 0) is 32.4 Å². The van der Waals surface area contributed by atoms with Crippen LogP contribution >= 0.6 is 0 Å². The SMILES string of the molecule is CC1CCCCN1C1CN(C(=O)c2cnc3c(c2)ncn3C)C1. The molecule has 2 aromatic rings. The maximum absolute atomic E-state index is 12.6. The van der Waals surface area contributed by atoms with Gasteiger partial charge in [0.1, 0.15) is 5.52 Å². The third kappa shape index (κ3) is 2.51. The molecule has 0 aromatic carbocycles. The lowest BCUT2D eigenvalue weighted by molar-refractivity contribution is 0.00211. The first-order valence-electron chi connectivity index (χ1n) is 8.45. The third-order valence-corrected chi connectivity index (χ3v) is 5.27. The highest BCUT2D eigenvalue weighted by Crippen LogP contribution is 2.25. The van der Waals surface area contributed by atoms with Crippen LogP contribution in [0, 0.1) is 0 Å². The monoisotopic (exact) mass is 313 g/mol. The molecule has 0 saturated carbocycles. The molecule has 2 saturated heterocycles. The topological polar surface area (TPSA) is 54.3 Å². The van der Waals surface area contributed by atoms with Gasteiger partial charge in [0, 0.05) is 38.4 Å². The minimum atomic E-state index is 0.0750. The number of carbonyl (C=O) groups is 1. The van der Waals surface area contributed by atoms with Gasteiger partial charge in [0.15, 0.2) is 5.65 Å². The average molecular weight is 313 g/mol. The Bertz CT molecular complexity index is 734. The van der Waals surface area contributed by atoms with Crippen LogP contribution in [-0.4, -0.2) is 62.0 Å². The van der Waals surface area contributed by atoms with Crippen molar-refractivity contribution >= 4 is 17.1 Å². The molecule has 0 bridgehead atoms. The number of carbonyl (C=O) groups excluding carboxylic acids is 1. The number of aryl methyl sites for hydroxylation is 1. The lowest BCUT2D eigenvalue weighted by atomic mass is 9.97. The van der Waals surface area contributed by atoms with Crippen molar-refractivity contribution in [3.8, 4) is 0 Å². The minimum Gasteiger partial charge on any atom is -0.335 e. The number of nitrogens with zero attached hydrogens (tertiary/aromatic N) is 5. The van der Waals surface area contributed by atoms with Crippen molar-refractivity contribution in [2.45, 2.75) is 38.3 Å². The molecule has 2 fully saturated rings. The molecule has 4 heterocycles. The fourth-order valence-electron chi connectivity index (χ4n) is 3.81. The predicted octanol–water partition coefficient (Wildman–Crippen LogP) is 1.67. The molecular weight excluding hydrogens is 290 g/mol. The van der Waals surface area contributed by atoms with Gasteiger partial charge in [-0.3, -0.25) is 9.69 Å². The van der Waals surface area contributed by atoms with E-state index in [2.05, 4.69) is 21.8 Å². The number of pyridine rings is 1. The van der Waals surface area contributed by atoms with Crippen molar-refractivity contribution in [1.29, 1.82) is 0 Å². The number of rotatable bonds is 2. The van der Waals surface area contributed by atoms with E-state index < -0.39 is 0 Å². The lowest BCUT2D eigenvalue weighted by Crippen LogP contribution is -2.63. The zero-order valence-corrected chi connectivity index (χ0v) is 13.8. The molecule has 2 aromatic heterocycles. The van der Waals surface area contributed by atoms with E-state index in [1.54, 1.807) is 12.5 Å². The lowest BCUT2D eigenvalue weighted by Gasteiger charge is -2.49. The molecule has 23 heavy (non-hydrogen) atoms. The molecular formula is C17H23N5O. The van der Waals surface area contributed by atoms with Crippen LogP contribution in [0.3, 0.4) is 0 Å². The Kier molecular flexibility index (Phi) is 3.56. The van der Waals surface area contributed by atoms with Gasteiger partial charge in [-0.25, -0.2) is 9.97 Å². The molecule has 2 aliphatic rings. The Balaban J connectivity index is 1.43. The van der Waals surface area contributed by atoms with Gasteiger partial charge in [-0.1, -0.05) is 6.42 Å². The van der Waals surface area contributed by atoms with Crippen LogP contribution in [-0.2, 0) is 7.05 Å². The summed E-state index contributed by atoms with van der Waals surface area (Å²) in [4.78, 5) is 25.8. The van der Waals surface area contributed by atoms with Crippen LogP contribution < -0.4 is 0 Å². The second-order valence-electron chi connectivity index (χ2n) is 6.87. The highest BCUT2D eigenvalue weighted by molar-refractivity contribution is 5.96. The first-order valence-corrected chi connectivity index (χ1v) is 8.45. The standard InChI is InChI=1S/C17H23N5O/c1-12-5-3-4-6-22(12)14-9-21(10-14)17(23)13-7-15-16(18-8-13)20(2)11-19-15/h7-8,11-12,14H,3-6,9-10H2,1-2H3. The molecule has 122 valence electrons. The van der Waals surface area contributed by atoms with Crippen LogP contribution in [0.4, 0.5) is 0 Å². The van der Waals surface area contributed by atoms with Gasteiger partial charge in [-0.2, -0.15) is 0 Å². The van der Waals surface area contributed by atoms with Crippen molar-refractivity contribution in [1.82, 2.24) is 24.3 Å². The molecule has 0 aliphatic carbocycles. The second-order valence-corrected chi connectivity index (χ2v) is 6.87. The summed E-state index contributed by atoms with van der Waals surface area (Å²) in [6, 6.07) is 3.03. The molecule has 1 atom stereocenters. The van der Waals surface area contributed by atoms with E-state index >= 15 is 0 Å². The number of imidazole rings is 1. The number of hydrogen-bond acceptors (Lipinski definition) is 4. The van der Waals surface area contributed by atoms with Crippen molar-refractivity contribution in [3.05, 3.63) is 24.2 Å². The van der Waals surface area contributed by atoms with Crippen LogP contribution in [0.2, 0.25) is 0 Å². The van der Waals surface area contributed by atoms with Gasteiger partial charge in [0.05, 0.1) is 11.9 Å². The highest BCUT2D eigenvalue weighted by atomic mass is 16.2. The second kappa shape index (κ2) is 5.60. The van der Waals surface area contributed by atoms with Gasteiger partial charge in [-0.15, -0.1) is 0 Å². The van der Waals surface area contributed by atoms with Crippen LogP contribution in [0.25, 0.3) is 11.2 Å². The van der Waals surface area contributed by atoms with Crippen molar-refractivity contribution in [3.63, 3.8) is 0 Å². The summed E-state index contributed by atoms with van der Waals surface area (Å²) in [5, 5.41) is 0. The van der Waals surface area contributed by atoms with Gasteiger partial charge in [0.2, 0.25) is 0 Å². The predicted molar refractivity (Wildman–Crippen MR) is 88.2 cm³/mol. The molecule has 4 rings (SSSR count). The molecule has 6 heteroatoms. The Morgan fingerprint density at radius 3 is 2.87 bits per heavy atom. The summed E-state index contributed by atoms with van der Waals surface area (Å²) in [6.07, 6.45) is 7.30. The number of piperidine rings is 1. The highest BCUT2D eigenvalue weighted by Gasteiger charge is 2.37. The van der Waals surface area contributed by atoms with E-state index in [1.807, 2.05) is 22.6 Å².